The van der Waals surface area contributed by atoms with Crippen molar-refractivity contribution >= 4 is 23.4 Å². The van der Waals surface area contributed by atoms with Gasteiger partial charge in [0.15, 0.2) is 0 Å². The molecular weight excluding hydrogens is 352 g/mol. The zero-order valence-electron chi connectivity index (χ0n) is 16.6. The van der Waals surface area contributed by atoms with Gasteiger partial charge >= 0.3 is 0 Å². The molecule has 1 aliphatic heterocycles. The number of hydrogen-bond donors (Lipinski definition) is 1. The summed E-state index contributed by atoms with van der Waals surface area (Å²) in [5.74, 6) is 1.28. The summed E-state index contributed by atoms with van der Waals surface area (Å²) in [6, 6.07) is 17.0. The molecule has 0 aromatic heterocycles. The molecule has 1 aliphatic rings. The Balaban J connectivity index is 1.50. The lowest BCUT2D eigenvalue weighted by molar-refractivity contribution is -0.119. The highest BCUT2D eigenvalue weighted by molar-refractivity contribution is 8.00. The number of benzene rings is 2. The fraction of sp³-hybridized carbons (Fsp3) is 0.435. The van der Waals surface area contributed by atoms with Crippen molar-refractivity contribution in [2.45, 2.75) is 44.6 Å². The van der Waals surface area contributed by atoms with E-state index in [4.69, 9.17) is 0 Å². The largest absolute Gasteiger partial charge is 0.371 e. The molecule has 2 aromatic carbocycles. The molecule has 0 bridgehead atoms. The first-order valence-corrected chi connectivity index (χ1v) is 10.8. The molecule has 4 heteroatoms. The summed E-state index contributed by atoms with van der Waals surface area (Å²) in [6.07, 6.45) is 2.60. The van der Waals surface area contributed by atoms with Crippen LogP contribution in [0.3, 0.4) is 0 Å². The van der Waals surface area contributed by atoms with E-state index in [0.29, 0.717) is 5.75 Å². The van der Waals surface area contributed by atoms with E-state index < -0.39 is 0 Å². The van der Waals surface area contributed by atoms with Gasteiger partial charge in [-0.25, -0.2) is 0 Å². The summed E-state index contributed by atoms with van der Waals surface area (Å²) in [4.78, 5) is 15.9. The van der Waals surface area contributed by atoms with Crippen LogP contribution >= 0.6 is 11.8 Å². The first kappa shape index (κ1) is 19.8. The van der Waals surface area contributed by atoms with Crippen LogP contribution in [0.15, 0.2) is 53.4 Å². The summed E-state index contributed by atoms with van der Waals surface area (Å²) in [7, 11) is 0. The SMILES string of the molecule is Cc1ccc(SCC(=O)N[C@@H](C)c2ccc(N3CCC[C@H](C)C3)cc2)cc1. The topological polar surface area (TPSA) is 32.3 Å². The minimum Gasteiger partial charge on any atom is -0.371 e. The molecule has 1 heterocycles. The van der Waals surface area contributed by atoms with Gasteiger partial charge in [-0.1, -0.05) is 36.8 Å². The molecule has 0 aliphatic carbocycles. The van der Waals surface area contributed by atoms with E-state index >= 15 is 0 Å². The Morgan fingerprint density at radius 1 is 1.19 bits per heavy atom. The molecule has 2 aromatic rings. The van der Waals surface area contributed by atoms with Gasteiger partial charge < -0.3 is 10.2 Å². The lowest BCUT2D eigenvalue weighted by atomic mass is 9.99. The van der Waals surface area contributed by atoms with Gasteiger partial charge in [-0.15, -0.1) is 11.8 Å². The Morgan fingerprint density at radius 2 is 1.89 bits per heavy atom. The van der Waals surface area contributed by atoms with E-state index in [1.807, 2.05) is 6.92 Å². The van der Waals surface area contributed by atoms with Crippen LogP contribution in [0, 0.1) is 12.8 Å². The summed E-state index contributed by atoms with van der Waals surface area (Å²) in [5, 5.41) is 3.11. The van der Waals surface area contributed by atoms with Crippen molar-refractivity contribution in [2.24, 2.45) is 5.92 Å². The van der Waals surface area contributed by atoms with Gasteiger partial charge in [0.05, 0.1) is 11.8 Å². The molecule has 0 saturated carbocycles. The number of rotatable bonds is 6. The van der Waals surface area contributed by atoms with Crippen LogP contribution in [-0.4, -0.2) is 24.7 Å². The second-order valence-electron chi connectivity index (χ2n) is 7.68. The van der Waals surface area contributed by atoms with Gasteiger partial charge in [-0.05, 0) is 62.4 Å². The van der Waals surface area contributed by atoms with Crippen molar-refractivity contribution in [3.05, 3.63) is 59.7 Å². The van der Waals surface area contributed by atoms with Gasteiger partial charge in [0.25, 0.3) is 0 Å². The van der Waals surface area contributed by atoms with E-state index in [0.717, 1.165) is 29.5 Å². The quantitative estimate of drug-likeness (QED) is 0.697. The molecule has 2 atom stereocenters. The highest BCUT2D eigenvalue weighted by Gasteiger charge is 2.17. The summed E-state index contributed by atoms with van der Waals surface area (Å²) in [6.45, 7) is 8.73. The van der Waals surface area contributed by atoms with Crippen LogP contribution < -0.4 is 10.2 Å². The maximum absolute atomic E-state index is 12.3. The number of thioether (sulfide) groups is 1. The molecule has 144 valence electrons. The molecule has 1 amide bonds. The number of carbonyl (C=O) groups is 1. The number of anilines is 1. The first-order chi connectivity index (χ1) is 13.0. The molecule has 0 radical (unpaired) electrons. The highest BCUT2D eigenvalue weighted by atomic mass is 32.2. The maximum atomic E-state index is 12.3. The first-order valence-electron chi connectivity index (χ1n) is 9.85. The fourth-order valence-electron chi connectivity index (χ4n) is 3.55. The van der Waals surface area contributed by atoms with Gasteiger partial charge in [0.2, 0.25) is 5.91 Å². The molecule has 0 unspecified atom stereocenters. The predicted molar refractivity (Wildman–Crippen MR) is 116 cm³/mol. The number of hydrogen-bond acceptors (Lipinski definition) is 3. The van der Waals surface area contributed by atoms with Gasteiger partial charge in [0, 0.05) is 23.7 Å². The summed E-state index contributed by atoms with van der Waals surface area (Å²) < 4.78 is 0. The standard InChI is InChI=1S/C23H30N2OS/c1-17-6-12-22(13-7-17)27-16-23(26)24-19(3)20-8-10-21(11-9-20)25-14-4-5-18(2)15-25/h6-13,18-19H,4-5,14-16H2,1-3H3,(H,24,26)/t18-,19-/m0/s1. The molecule has 1 N–H and O–H groups in total. The van der Waals surface area contributed by atoms with Crippen molar-refractivity contribution in [1.82, 2.24) is 5.32 Å². The van der Waals surface area contributed by atoms with Crippen LogP contribution in [0.1, 0.15) is 43.9 Å². The van der Waals surface area contributed by atoms with Crippen molar-refractivity contribution in [2.75, 3.05) is 23.7 Å². The molecule has 1 fully saturated rings. The van der Waals surface area contributed by atoms with Crippen LogP contribution in [0.2, 0.25) is 0 Å². The smallest absolute Gasteiger partial charge is 0.230 e. The molecule has 1 saturated heterocycles. The molecule has 27 heavy (non-hydrogen) atoms. The summed E-state index contributed by atoms with van der Waals surface area (Å²) >= 11 is 1.58. The van der Waals surface area contributed by atoms with Gasteiger partial charge in [-0.3, -0.25) is 4.79 Å². The fourth-order valence-corrected chi connectivity index (χ4v) is 4.26. The Labute approximate surface area is 167 Å². The van der Waals surface area contributed by atoms with Crippen LogP contribution in [-0.2, 0) is 4.79 Å². The number of amides is 1. The number of nitrogens with one attached hydrogen (secondary N) is 1. The molecule has 3 nitrogen and oxygen atoms in total. The Morgan fingerprint density at radius 3 is 2.56 bits per heavy atom. The minimum atomic E-state index is 0.0189. The van der Waals surface area contributed by atoms with Crippen molar-refractivity contribution in [1.29, 1.82) is 0 Å². The molecular formula is C23H30N2OS. The lowest BCUT2D eigenvalue weighted by Gasteiger charge is -2.33. The second-order valence-corrected chi connectivity index (χ2v) is 8.72. The zero-order chi connectivity index (χ0) is 19.2. The third-order valence-electron chi connectivity index (χ3n) is 5.18. The van der Waals surface area contributed by atoms with Gasteiger partial charge in [0.1, 0.15) is 0 Å². The van der Waals surface area contributed by atoms with Gasteiger partial charge in [-0.2, -0.15) is 0 Å². The number of piperidine rings is 1. The van der Waals surface area contributed by atoms with E-state index in [2.05, 4.69) is 72.6 Å². The van der Waals surface area contributed by atoms with E-state index in [1.165, 1.54) is 24.1 Å². The van der Waals surface area contributed by atoms with E-state index in [-0.39, 0.29) is 11.9 Å². The van der Waals surface area contributed by atoms with E-state index in [9.17, 15) is 4.79 Å². The minimum absolute atomic E-state index is 0.0189. The van der Waals surface area contributed by atoms with Crippen molar-refractivity contribution < 1.29 is 4.79 Å². The summed E-state index contributed by atoms with van der Waals surface area (Å²) in [5.41, 5.74) is 3.68. The average Bonchev–Trinajstić information content (AvgIpc) is 2.67. The Bertz CT molecular complexity index is 742. The van der Waals surface area contributed by atoms with E-state index in [1.54, 1.807) is 11.8 Å². The van der Waals surface area contributed by atoms with Crippen LogP contribution in [0.4, 0.5) is 5.69 Å². The Hall–Kier alpha value is -1.94. The number of carbonyl (C=O) groups excluding carboxylic acids is 1. The number of nitrogens with zero attached hydrogens (tertiary/aromatic N) is 1. The monoisotopic (exact) mass is 382 g/mol. The predicted octanol–water partition coefficient (Wildman–Crippen LogP) is 5.20. The second kappa shape index (κ2) is 9.32. The van der Waals surface area contributed by atoms with Crippen LogP contribution in [0.5, 0.6) is 0 Å². The lowest BCUT2D eigenvalue weighted by Crippen LogP contribution is -2.34. The normalized spacial score (nSPS) is 18.2. The molecule has 0 spiro atoms. The zero-order valence-corrected chi connectivity index (χ0v) is 17.4. The third kappa shape index (κ3) is 5.77. The average molecular weight is 383 g/mol. The van der Waals surface area contributed by atoms with Crippen LogP contribution in [0.25, 0.3) is 0 Å². The Kier molecular flexibility index (Phi) is 6.84. The number of aryl methyl sites for hydroxylation is 1. The molecule has 3 rings (SSSR count). The third-order valence-corrected chi connectivity index (χ3v) is 6.20. The van der Waals surface area contributed by atoms with Crippen molar-refractivity contribution in [3.63, 3.8) is 0 Å². The van der Waals surface area contributed by atoms with Crippen molar-refractivity contribution in [3.8, 4) is 0 Å². The highest BCUT2D eigenvalue weighted by Crippen LogP contribution is 2.25. The maximum Gasteiger partial charge on any atom is 0.230 e.